The van der Waals surface area contributed by atoms with Crippen molar-refractivity contribution in [2.24, 2.45) is 0 Å². The number of benzene rings is 2. The second-order valence-corrected chi connectivity index (χ2v) is 6.06. The van der Waals surface area contributed by atoms with E-state index in [0.29, 0.717) is 0 Å². The van der Waals surface area contributed by atoms with Crippen molar-refractivity contribution in [1.82, 2.24) is 14.9 Å². The van der Waals surface area contributed by atoms with Crippen molar-refractivity contribution in [1.29, 1.82) is 0 Å². The van der Waals surface area contributed by atoms with E-state index in [1.807, 2.05) is 48.5 Å². The molecule has 0 aliphatic carbocycles. The monoisotopic (exact) mass is 319 g/mol. The molecule has 0 saturated carbocycles. The van der Waals surface area contributed by atoms with Gasteiger partial charge in [-0.15, -0.1) is 0 Å². The molecule has 1 fully saturated rings. The van der Waals surface area contributed by atoms with Gasteiger partial charge in [-0.05, 0) is 24.3 Å². The molecular formula is C19H17N3O2. The van der Waals surface area contributed by atoms with E-state index in [1.54, 1.807) is 0 Å². The molecule has 1 saturated heterocycles. The molecule has 0 radical (unpaired) electrons. The number of para-hydroxylation sites is 3. The molecule has 0 amide bonds. The Labute approximate surface area is 139 Å². The van der Waals surface area contributed by atoms with Gasteiger partial charge in [0.2, 0.25) is 0 Å². The average Bonchev–Trinajstić information content (AvgIpc) is 2.66. The second kappa shape index (κ2) is 5.54. The molecule has 3 aromatic rings. The van der Waals surface area contributed by atoms with E-state index < -0.39 is 0 Å². The third kappa shape index (κ3) is 2.17. The molecule has 0 bridgehead atoms. The predicted molar refractivity (Wildman–Crippen MR) is 90.7 cm³/mol. The maximum absolute atomic E-state index is 6.31. The van der Waals surface area contributed by atoms with Crippen LogP contribution in [0.4, 0.5) is 0 Å². The van der Waals surface area contributed by atoms with E-state index in [1.165, 1.54) is 0 Å². The molecule has 5 nitrogen and oxygen atoms in total. The van der Waals surface area contributed by atoms with E-state index in [4.69, 9.17) is 19.4 Å². The summed E-state index contributed by atoms with van der Waals surface area (Å²) in [7, 11) is 0. The third-order valence-corrected chi connectivity index (χ3v) is 4.59. The summed E-state index contributed by atoms with van der Waals surface area (Å²) in [5.74, 6) is 0.867. The molecule has 0 spiro atoms. The van der Waals surface area contributed by atoms with Crippen LogP contribution in [0.2, 0.25) is 0 Å². The van der Waals surface area contributed by atoms with Gasteiger partial charge in [-0.2, -0.15) is 0 Å². The minimum atomic E-state index is -0.212. The Hall–Kier alpha value is -2.50. The number of hydrogen-bond donors (Lipinski definition) is 0. The highest BCUT2D eigenvalue weighted by atomic mass is 16.5. The number of aromatic nitrogens is 2. The molecule has 0 N–H and O–H groups in total. The van der Waals surface area contributed by atoms with Gasteiger partial charge >= 0.3 is 0 Å². The Morgan fingerprint density at radius 2 is 1.58 bits per heavy atom. The maximum atomic E-state index is 6.31. The summed E-state index contributed by atoms with van der Waals surface area (Å²) in [4.78, 5) is 12.1. The van der Waals surface area contributed by atoms with Crippen LogP contribution in [0.25, 0.3) is 22.3 Å². The van der Waals surface area contributed by atoms with Crippen LogP contribution in [0.3, 0.4) is 0 Å². The zero-order chi connectivity index (χ0) is 15.9. The van der Waals surface area contributed by atoms with Crippen molar-refractivity contribution in [3.05, 3.63) is 54.2 Å². The molecule has 1 aromatic heterocycles. The standard InChI is InChI=1S/C19H17N3O2/c1-4-8-16-13(5-1)17-18(19(24-16)22-9-11-23-12-10-22)21-15-7-3-2-6-14(15)20-17/h1-8,19H,9-12H2. The van der Waals surface area contributed by atoms with Crippen molar-refractivity contribution in [3.8, 4) is 17.0 Å². The van der Waals surface area contributed by atoms with Gasteiger partial charge in [0.25, 0.3) is 0 Å². The summed E-state index contributed by atoms with van der Waals surface area (Å²) >= 11 is 0. The van der Waals surface area contributed by atoms with Crippen molar-refractivity contribution < 1.29 is 9.47 Å². The smallest absolute Gasteiger partial charge is 0.198 e. The van der Waals surface area contributed by atoms with E-state index in [-0.39, 0.29) is 6.23 Å². The lowest BCUT2D eigenvalue weighted by Crippen LogP contribution is -2.42. The number of hydrogen-bond acceptors (Lipinski definition) is 5. The van der Waals surface area contributed by atoms with Crippen molar-refractivity contribution in [3.63, 3.8) is 0 Å². The lowest BCUT2D eigenvalue weighted by molar-refractivity contribution is -0.0503. The molecule has 3 heterocycles. The van der Waals surface area contributed by atoms with Crippen LogP contribution in [0.1, 0.15) is 11.9 Å². The van der Waals surface area contributed by atoms with Gasteiger partial charge in [-0.1, -0.05) is 24.3 Å². The van der Waals surface area contributed by atoms with Crippen LogP contribution in [0.15, 0.2) is 48.5 Å². The van der Waals surface area contributed by atoms with Crippen LogP contribution in [-0.4, -0.2) is 41.2 Å². The minimum absolute atomic E-state index is 0.212. The van der Waals surface area contributed by atoms with Gasteiger partial charge in [-0.25, -0.2) is 9.97 Å². The Balaban J connectivity index is 1.72. The summed E-state index contributed by atoms with van der Waals surface area (Å²) in [6, 6.07) is 16.0. The first-order valence-corrected chi connectivity index (χ1v) is 8.25. The second-order valence-electron chi connectivity index (χ2n) is 6.06. The molecule has 2 aliphatic rings. The normalized spacial score (nSPS) is 20.2. The fourth-order valence-electron chi connectivity index (χ4n) is 3.38. The fraction of sp³-hybridized carbons (Fsp3) is 0.263. The SMILES string of the molecule is c1ccc2c(c1)OC(N1CCOCC1)c1nc3ccccc3nc1-2. The highest BCUT2D eigenvalue weighted by molar-refractivity contribution is 5.81. The van der Waals surface area contributed by atoms with Crippen molar-refractivity contribution in [2.75, 3.05) is 26.3 Å². The average molecular weight is 319 g/mol. The van der Waals surface area contributed by atoms with Crippen LogP contribution in [-0.2, 0) is 4.74 Å². The molecule has 1 atom stereocenters. The van der Waals surface area contributed by atoms with E-state index in [2.05, 4.69) is 4.90 Å². The van der Waals surface area contributed by atoms with Crippen LogP contribution in [0.5, 0.6) is 5.75 Å². The Morgan fingerprint density at radius 1 is 0.875 bits per heavy atom. The van der Waals surface area contributed by atoms with E-state index in [9.17, 15) is 0 Å². The highest BCUT2D eigenvalue weighted by Gasteiger charge is 2.34. The van der Waals surface area contributed by atoms with Crippen LogP contribution < -0.4 is 4.74 Å². The van der Waals surface area contributed by atoms with Crippen molar-refractivity contribution >= 4 is 11.0 Å². The van der Waals surface area contributed by atoms with Gasteiger partial charge in [0.15, 0.2) is 6.23 Å². The Kier molecular flexibility index (Phi) is 3.21. The summed E-state index contributed by atoms with van der Waals surface area (Å²) in [5.41, 5.74) is 4.64. The molecular weight excluding hydrogens is 302 g/mol. The number of ether oxygens (including phenoxy) is 2. The highest BCUT2D eigenvalue weighted by Crippen LogP contribution is 2.42. The minimum Gasteiger partial charge on any atom is -0.468 e. The molecule has 24 heavy (non-hydrogen) atoms. The van der Waals surface area contributed by atoms with Crippen LogP contribution >= 0.6 is 0 Å². The number of morpholine rings is 1. The van der Waals surface area contributed by atoms with Gasteiger partial charge < -0.3 is 9.47 Å². The molecule has 1 unspecified atom stereocenters. The molecule has 2 aliphatic heterocycles. The first-order chi connectivity index (χ1) is 11.9. The summed E-state index contributed by atoms with van der Waals surface area (Å²) in [6.45, 7) is 3.11. The topological polar surface area (TPSA) is 47.5 Å². The summed E-state index contributed by atoms with van der Waals surface area (Å²) < 4.78 is 11.8. The number of rotatable bonds is 1. The zero-order valence-electron chi connectivity index (χ0n) is 13.2. The van der Waals surface area contributed by atoms with Gasteiger partial charge in [0.1, 0.15) is 17.1 Å². The van der Waals surface area contributed by atoms with Crippen molar-refractivity contribution in [2.45, 2.75) is 6.23 Å². The molecule has 2 aromatic carbocycles. The van der Waals surface area contributed by atoms with Gasteiger partial charge in [-0.3, -0.25) is 4.90 Å². The molecule has 5 heteroatoms. The Bertz CT molecular complexity index is 906. The quantitative estimate of drug-likeness (QED) is 0.690. The lowest BCUT2D eigenvalue weighted by Gasteiger charge is -2.37. The zero-order valence-corrected chi connectivity index (χ0v) is 13.2. The summed E-state index contributed by atoms with van der Waals surface area (Å²) in [6.07, 6.45) is -0.212. The summed E-state index contributed by atoms with van der Waals surface area (Å²) in [5, 5.41) is 0. The molecule has 5 rings (SSSR count). The lowest BCUT2D eigenvalue weighted by atomic mass is 10.0. The van der Waals surface area contributed by atoms with Gasteiger partial charge in [0.05, 0.1) is 24.2 Å². The Morgan fingerprint density at radius 3 is 2.42 bits per heavy atom. The maximum Gasteiger partial charge on any atom is 0.198 e. The first kappa shape index (κ1) is 13.9. The third-order valence-electron chi connectivity index (χ3n) is 4.59. The largest absolute Gasteiger partial charge is 0.468 e. The fourth-order valence-corrected chi connectivity index (χ4v) is 3.38. The van der Waals surface area contributed by atoms with E-state index >= 15 is 0 Å². The number of fused-ring (bicyclic) bond motifs is 4. The number of nitrogens with zero attached hydrogens (tertiary/aromatic N) is 3. The van der Waals surface area contributed by atoms with E-state index in [0.717, 1.165) is 60.0 Å². The van der Waals surface area contributed by atoms with Gasteiger partial charge in [0, 0.05) is 18.7 Å². The van der Waals surface area contributed by atoms with Crippen LogP contribution in [0, 0.1) is 0 Å². The molecule has 120 valence electrons. The predicted octanol–water partition coefficient (Wildman–Crippen LogP) is 3.02. The first-order valence-electron chi connectivity index (χ1n) is 8.25.